The second kappa shape index (κ2) is 5.74. The lowest BCUT2D eigenvalue weighted by Gasteiger charge is -2.15. The van der Waals surface area contributed by atoms with Crippen LogP contribution in [0.3, 0.4) is 0 Å². The Hall–Kier alpha value is -2.06. The molecule has 1 atom stereocenters. The van der Waals surface area contributed by atoms with Crippen LogP contribution >= 0.6 is 0 Å². The molecule has 0 aliphatic rings. The van der Waals surface area contributed by atoms with Gasteiger partial charge in [0.1, 0.15) is 4.90 Å². The van der Waals surface area contributed by atoms with Crippen LogP contribution in [0.4, 0.5) is 14.5 Å². The molecule has 21 heavy (non-hydrogen) atoms. The van der Waals surface area contributed by atoms with Gasteiger partial charge in [-0.05, 0) is 36.8 Å². The summed E-state index contributed by atoms with van der Waals surface area (Å²) in [6.07, 6.45) is 3.00. The Bertz CT molecular complexity index is 752. The lowest BCUT2D eigenvalue weighted by Crippen LogP contribution is -2.28. The van der Waals surface area contributed by atoms with Crippen molar-refractivity contribution in [2.75, 3.05) is 5.73 Å². The second-order valence-electron chi connectivity index (χ2n) is 4.44. The van der Waals surface area contributed by atoms with Crippen molar-refractivity contribution in [2.45, 2.75) is 17.9 Å². The maximum Gasteiger partial charge on any atom is 0.244 e. The molecule has 5 nitrogen and oxygen atoms in total. The van der Waals surface area contributed by atoms with E-state index in [1.807, 2.05) is 0 Å². The van der Waals surface area contributed by atoms with Gasteiger partial charge in [0, 0.05) is 24.1 Å². The number of nitrogens with two attached hydrogens (primary N) is 1. The van der Waals surface area contributed by atoms with Crippen LogP contribution in [0.5, 0.6) is 0 Å². The summed E-state index contributed by atoms with van der Waals surface area (Å²) in [5.74, 6) is -2.77. The van der Waals surface area contributed by atoms with Crippen molar-refractivity contribution in [3.05, 3.63) is 53.9 Å². The molecule has 0 aliphatic carbocycles. The highest BCUT2D eigenvalue weighted by molar-refractivity contribution is 7.89. The molecule has 0 saturated carbocycles. The van der Waals surface area contributed by atoms with Crippen molar-refractivity contribution in [3.63, 3.8) is 0 Å². The highest BCUT2D eigenvalue weighted by Gasteiger charge is 2.24. The number of halogens is 2. The van der Waals surface area contributed by atoms with Crippen LogP contribution in [0.1, 0.15) is 18.5 Å². The average Bonchev–Trinajstić information content (AvgIpc) is 2.43. The summed E-state index contributed by atoms with van der Waals surface area (Å²) < 4.78 is 53.5. The summed E-state index contributed by atoms with van der Waals surface area (Å²) in [6.45, 7) is 1.58. The van der Waals surface area contributed by atoms with Gasteiger partial charge in [-0.15, -0.1) is 0 Å². The molecule has 0 aliphatic heterocycles. The fourth-order valence-electron chi connectivity index (χ4n) is 1.80. The van der Waals surface area contributed by atoms with Crippen LogP contribution in [-0.2, 0) is 10.0 Å². The summed E-state index contributed by atoms with van der Waals surface area (Å²) in [7, 11) is -4.25. The lowest BCUT2D eigenvalue weighted by molar-refractivity contribution is 0.482. The van der Waals surface area contributed by atoms with Crippen LogP contribution < -0.4 is 10.5 Å². The third kappa shape index (κ3) is 3.34. The highest BCUT2D eigenvalue weighted by Crippen LogP contribution is 2.23. The van der Waals surface area contributed by atoms with Gasteiger partial charge >= 0.3 is 0 Å². The third-order valence-electron chi connectivity index (χ3n) is 2.84. The van der Waals surface area contributed by atoms with Gasteiger partial charge in [-0.2, -0.15) is 0 Å². The second-order valence-corrected chi connectivity index (χ2v) is 6.12. The van der Waals surface area contributed by atoms with E-state index in [2.05, 4.69) is 9.71 Å². The lowest BCUT2D eigenvalue weighted by atomic mass is 10.1. The Balaban J connectivity index is 2.35. The molecule has 2 rings (SSSR count). The molecule has 0 saturated heterocycles. The van der Waals surface area contributed by atoms with Crippen molar-refractivity contribution in [3.8, 4) is 0 Å². The maximum atomic E-state index is 13.7. The van der Waals surface area contributed by atoms with Gasteiger partial charge in [0.25, 0.3) is 0 Å². The van der Waals surface area contributed by atoms with E-state index >= 15 is 0 Å². The van der Waals surface area contributed by atoms with Gasteiger partial charge < -0.3 is 5.73 Å². The minimum atomic E-state index is -4.25. The Labute approximate surface area is 120 Å². The smallest absolute Gasteiger partial charge is 0.244 e. The number of anilines is 1. The SMILES string of the molecule is CC(NS(=O)(=O)c1cc(N)cc(F)c1F)c1ccncc1. The molecule has 2 aromatic rings. The van der Waals surface area contributed by atoms with E-state index in [0.29, 0.717) is 5.56 Å². The zero-order valence-electron chi connectivity index (χ0n) is 11.0. The van der Waals surface area contributed by atoms with Gasteiger partial charge in [0.2, 0.25) is 10.0 Å². The first-order valence-corrected chi connectivity index (χ1v) is 7.46. The minimum Gasteiger partial charge on any atom is -0.399 e. The van der Waals surface area contributed by atoms with Crippen molar-refractivity contribution in [1.29, 1.82) is 0 Å². The van der Waals surface area contributed by atoms with Gasteiger partial charge in [-0.3, -0.25) is 4.98 Å². The van der Waals surface area contributed by atoms with E-state index in [-0.39, 0.29) is 5.69 Å². The molecule has 1 aromatic heterocycles. The number of benzene rings is 1. The number of hydrogen-bond acceptors (Lipinski definition) is 4. The molecule has 3 N–H and O–H groups in total. The molecule has 0 amide bonds. The molecule has 0 spiro atoms. The first-order valence-electron chi connectivity index (χ1n) is 5.98. The van der Waals surface area contributed by atoms with E-state index in [1.54, 1.807) is 19.1 Å². The fraction of sp³-hybridized carbons (Fsp3) is 0.154. The molecule has 0 radical (unpaired) electrons. The zero-order valence-corrected chi connectivity index (χ0v) is 11.9. The van der Waals surface area contributed by atoms with Gasteiger partial charge in [-0.25, -0.2) is 21.9 Å². The first kappa shape index (κ1) is 15.3. The molecule has 1 aromatic carbocycles. The summed E-state index contributed by atoms with van der Waals surface area (Å²) in [6, 6.07) is 4.19. The Morgan fingerprint density at radius 3 is 2.48 bits per heavy atom. The van der Waals surface area contributed by atoms with Crippen LogP contribution in [0.15, 0.2) is 41.6 Å². The van der Waals surface area contributed by atoms with E-state index in [9.17, 15) is 17.2 Å². The molecular weight excluding hydrogens is 300 g/mol. The highest BCUT2D eigenvalue weighted by atomic mass is 32.2. The summed E-state index contributed by atoms with van der Waals surface area (Å²) in [4.78, 5) is 3.00. The van der Waals surface area contributed by atoms with Gasteiger partial charge in [0.05, 0.1) is 0 Å². The fourth-order valence-corrected chi connectivity index (χ4v) is 3.15. The predicted molar refractivity (Wildman–Crippen MR) is 73.7 cm³/mol. The van der Waals surface area contributed by atoms with E-state index in [1.165, 1.54) is 12.4 Å². The number of nitrogens with one attached hydrogen (secondary N) is 1. The number of aromatic nitrogens is 1. The number of sulfonamides is 1. The normalized spacial score (nSPS) is 13.1. The topological polar surface area (TPSA) is 85.1 Å². The molecule has 1 heterocycles. The zero-order chi connectivity index (χ0) is 15.6. The minimum absolute atomic E-state index is 0.175. The van der Waals surface area contributed by atoms with Crippen LogP contribution in [-0.4, -0.2) is 13.4 Å². The molecule has 0 bridgehead atoms. The van der Waals surface area contributed by atoms with E-state index in [0.717, 1.165) is 12.1 Å². The largest absolute Gasteiger partial charge is 0.399 e. The van der Waals surface area contributed by atoms with Crippen molar-refractivity contribution < 1.29 is 17.2 Å². The maximum absolute atomic E-state index is 13.7. The number of rotatable bonds is 4. The Morgan fingerprint density at radius 2 is 1.86 bits per heavy atom. The number of hydrogen-bond donors (Lipinski definition) is 2. The molecular formula is C13H13F2N3O2S. The number of nitrogen functional groups attached to an aromatic ring is 1. The van der Waals surface area contributed by atoms with Crippen molar-refractivity contribution in [2.24, 2.45) is 0 Å². The summed E-state index contributed by atoms with van der Waals surface area (Å²) >= 11 is 0. The molecule has 1 unspecified atom stereocenters. The van der Waals surface area contributed by atoms with Gasteiger partial charge in [0.15, 0.2) is 11.6 Å². The van der Waals surface area contributed by atoms with Crippen molar-refractivity contribution >= 4 is 15.7 Å². The monoisotopic (exact) mass is 313 g/mol. The first-order chi connectivity index (χ1) is 9.81. The van der Waals surface area contributed by atoms with Crippen LogP contribution in [0, 0.1) is 11.6 Å². The summed E-state index contributed by atoms with van der Waals surface area (Å²) in [5, 5.41) is 0. The Morgan fingerprint density at radius 1 is 1.24 bits per heavy atom. The molecule has 112 valence electrons. The number of pyridine rings is 1. The van der Waals surface area contributed by atoms with E-state index < -0.39 is 32.6 Å². The molecule has 0 fully saturated rings. The van der Waals surface area contributed by atoms with Gasteiger partial charge in [-0.1, -0.05) is 0 Å². The number of nitrogens with zero attached hydrogens (tertiary/aromatic N) is 1. The standard InChI is InChI=1S/C13H13F2N3O2S/c1-8(9-2-4-17-5-3-9)18-21(19,20)12-7-10(16)6-11(14)13(12)15/h2-8,18H,16H2,1H3. The quantitative estimate of drug-likeness (QED) is 0.845. The van der Waals surface area contributed by atoms with Crippen LogP contribution in [0.25, 0.3) is 0 Å². The van der Waals surface area contributed by atoms with Crippen LogP contribution in [0.2, 0.25) is 0 Å². The van der Waals surface area contributed by atoms with E-state index in [4.69, 9.17) is 5.73 Å². The molecule has 8 heteroatoms. The Kier molecular flexibility index (Phi) is 4.19. The average molecular weight is 313 g/mol. The predicted octanol–water partition coefficient (Wildman–Crippen LogP) is 1.98. The van der Waals surface area contributed by atoms with Crippen molar-refractivity contribution in [1.82, 2.24) is 9.71 Å². The summed E-state index contributed by atoms with van der Waals surface area (Å²) in [5.41, 5.74) is 5.82. The third-order valence-corrected chi connectivity index (χ3v) is 4.38.